The molecule has 1 N–H and O–H groups in total. The van der Waals surface area contributed by atoms with Crippen LogP contribution in [0.5, 0.6) is 0 Å². The number of fused-ring (bicyclic) bond motifs is 1. The zero-order valence-electron chi connectivity index (χ0n) is 18.1. The third-order valence-corrected chi connectivity index (χ3v) is 6.18. The molecule has 172 valence electrons. The smallest absolute Gasteiger partial charge is 0.282 e. The van der Waals surface area contributed by atoms with E-state index in [9.17, 15) is 13.6 Å². The van der Waals surface area contributed by atoms with Gasteiger partial charge in [0.1, 0.15) is 17.2 Å². The quantitative estimate of drug-likeness (QED) is 0.395. The Balaban J connectivity index is 1.60. The minimum Gasteiger partial charge on any atom is -0.348 e. The van der Waals surface area contributed by atoms with Crippen molar-refractivity contribution in [2.45, 2.75) is 26.8 Å². The number of amides is 1. The molecule has 5 aromatic rings. The number of thiophene rings is 1. The number of carbonyl (C=O) groups is 1. The number of aryl methyl sites for hydroxylation is 2. The molecule has 0 aliphatic heterocycles. The van der Waals surface area contributed by atoms with Crippen LogP contribution in [0.15, 0.2) is 49.2 Å². The van der Waals surface area contributed by atoms with Gasteiger partial charge in [-0.15, -0.1) is 16.4 Å². The van der Waals surface area contributed by atoms with E-state index >= 15 is 0 Å². The molecule has 5 heterocycles. The van der Waals surface area contributed by atoms with Crippen molar-refractivity contribution >= 4 is 22.9 Å². The Morgan fingerprint density at radius 1 is 1.12 bits per heavy atom. The Kier molecular flexibility index (Phi) is 5.57. The van der Waals surface area contributed by atoms with Gasteiger partial charge in [-0.2, -0.15) is 0 Å². The normalized spacial score (nSPS) is 11.4. The van der Waals surface area contributed by atoms with Gasteiger partial charge in [-0.05, 0) is 32.0 Å². The number of pyridine rings is 1. The predicted octanol–water partition coefficient (Wildman–Crippen LogP) is 3.92. The lowest BCUT2D eigenvalue weighted by molar-refractivity contribution is 0.0950. The van der Waals surface area contributed by atoms with Crippen molar-refractivity contribution in [3.05, 3.63) is 76.7 Å². The minimum absolute atomic E-state index is 0.207. The summed E-state index contributed by atoms with van der Waals surface area (Å²) in [5.74, 6) is 0.230. The van der Waals surface area contributed by atoms with Gasteiger partial charge in [-0.25, -0.2) is 28.4 Å². The molecule has 0 fully saturated rings. The van der Waals surface area contributed by atoms with E-state index in [1.54, 1.807) is 47.4 Å². The van der Waals surface area contributed by atoms with Crippen LogP contribution < -0.4 is 5.32 Å². The number of nitrogens with one attached hydrogen (secondary N) is 1. The lowest BCUT2D eigenvalue weighted by Gasteiger charge is -2.12. The van der Waals surface area contributed by atoms with E-state index < -0.39 is 18.0 Å². The van der Waals surface area contributed by atoms with Gasteiger partial charge in [-0.3, -0.25) is 9.20 Å². The molecule has 5 aromatic heterocycles. The van der Waals surface area contributed by atoms with E-state index in [1.165, 1.54) is 6.07 Å². The molecule has 0 unspecified atom stereocenters. The standard InChI is InChI=1S/C22H18F2N8OS/c1-12-3-4-19(34-12)17-9-27-21-16(32-18(20(23)24)10-29-30-32)5-15(11-31(17)21)22(33)28-8-14-6-25-13(2)26-7-14/h3-7,9-11,20H,8H2,1-2H3,(H,28,33). The van der Waals surface area contributed by atoms with E-state index in [0.717, 1.165) is 31.9 Å². The van der Waals surface area contributed by atoms with E-state index in [-0.39, 0.29) is 17.8 Å². The van der Waals surface area contributed by atoms with Gasteiger partial charge in [0.25, 0.3) is 12.3 Å². The van der Waals surface area contributed by atoms with Crippen LogP contribution in [0.4, 0.5) is 8.78 Å². The topological polar surface area (TPSA) is 103 Å². The lowest BCUT2D eigenvalue weighted by atomic mass is 10.2. The summed E-state index contributed by atoms with van der Waals surface area (Å²) in [6.45, 7) is 3.97. The first-order chi connectivity index (χ1) is 16.4. The van der Waals surface area contributed by atoms with Crippen LogP contribution in [-0.4, -0.2) is 40.3 Å². The zero-order valence-corrected chi connectivity index (χ0v) is 18.9. The molecule has 0 bridgehead atoms. The van der Waals surface area contributed by atoms with Crippen LogP contribution in [0.1, 0.15) is 38.7 Å². The fourth-order valence-electron chi connectivity index (χ4n) is 3.48. The van der Waals surface area contributed by atoms with Crippen molar-refractivity contribution in [1.82, 2.24) is 39.7 Å². The second-order valence-corrected chi connectivity index (χ2v) is 8.84. The van der Waals surface area contributed by atoms with Gasteiger partial charge >= 0.3 is 0 Å². The number of halogens is 2. The number of hydrogen-bond acceptors (Lipinski definition) is 7. The Bertz CT molecular complexity index is 1490. The van der Waals surface area contributed by atoms with E-state index in [4.69, 9.17) is 0 Å². The Hall–Kier alpha value is -4.06. The van der Waals surface area contributed by atoms with Gasteiger partial charge in [0.05, 0.1) is 28.5 Å². The highest BCUT2D eigenvalue weighted by Gasteiger charge is 2.22. The molecule has 0 saturated heterocycles. The van der Waals surface area contributed by atoms with E-state index in [2.05, 4.69) is 30.6 Å². The minimum atomic E-state index is -2.80. The third-order valence-electron chi connectivity index (χ3n) is 5.16. The average Bonchev–Trinajstić information content (AvgIpc) is 3.57. The molecule has 5 rings (SSSR count). The van der Waals surface area contributed by atoms with Crippen LogP contribution in [0.25, 0.3) is 21.9 Å². The molecule has 0 aliphatic rings. The highest BCUT2D eigenvalue weighted by atomic mass is 32.1. The van der Waals surface area contributed by atoms with Crippen LogP contribution in [0.2, 0.25) is 0 Å². The molecule has 0 aliphatic carbocycles. The van der Waals surface area contributed by atoms with Crippen molar-refractivity contribution in [1.29, 1.82) is 0 Å². The van der Waals surface area contributed by atoms with E-state index in [0.29, 0.717) is 11.5 Å². The van der Waals surface area contributed by atoms with Crippen molar-refractivity contribution in [3.63, 3.8) is 0 Å². The molecule has 9 nitrogen and oxygen atoms in total. The monoisotopic (exact) mass is 480 g/mol. The Morgan fingerprint density at radius 2 is 1.91 bits per heavy atom. The summed E-state index contributed by atoms with van der Waals surface area (Å²) in [4.78, 5) is 27.8. The Labute approximate surface area is 196 Å². The summed E-state index contributed by atoms with van der Waals surface area (Å²) in [6.07, 6.45) is 4.74. The van der Waals surface area contributed by atoms with E-state index in [1.807, 2.05) is 19.1 Å². The van der Waals surface area contributed by atoms with Crippen LogP contribution >= 0.6 is 11.3 Å². The number of alkyl halides is 2. The summed E-state index contributed by atoms with van der Waals surface area (Å²) >= 11 is 1.56. The number of hydrogen-bond donors (Lipinski definition) is 1. The van der Waals surface area contributed by atoms with Crippen molar-refractivity contribution in [2.24, 2.45) is 0 Å². The molecule has 34 heavy (non-hydrogen) atoms. The third kappa shape index (κ3) is 4.03. The van der Waals surface area contributed by atoms with Crippen molar-refractivity contribution in [2.75, 3.05) is 0 Å². The van der Waals surface area contributed by atoms with Crippen molar-refractivity contribution in [3.8, 4) is 16.3 Å². The van der Waals surface area contributed by atoms with Gasteiger partial charge < -0.3 is 5.32 Å². The average molecular weight is 481 g/mol. The molecule has 12 heteroatoms. The zero-order chi connectivity index (χ0) is 23.8. The highest BCUT2D eigenvalue weighted by molar-refractivity contribution is 7.15. The maximum Gasteiger partial charge on any atom is 0.282 e. The summed E-state index contributed by atoms with van der Waals surface area (Å²) in [5.41, 5.74) is 1.91. The van der Waals surface area contributed by atoms with Gasteiger partial charge in [0, 0.05) is 35.6 Å². The second-order valence-electron chi connectivity index (χ2n) is 7.55. The molecule has 0 aromatic carbocycles. The SMILES string of the molecule is Cc1ncc(CNC(=O)c2cc(-n3nncc3C(F)F)c3ncc(-c4ccc(C)s4)n3c2)cn1. The molecular weight excluding hydrogens is 462 g/mol. The molecule has 0 atom stereocenters. The van der Waals surface area contributed by atoms with Gasteiger partial charge in [0.15, 0.2) is 5.65 Å². The summed E-state index contributed by atoms with van der Waals surface area (Å²) in [5, 5.41) is 10.3. The fraction of sp³-hybridized carbons (Fsp3) is 0.182. The second kappa shape index (κ2) is 8.71. The first-order valence-corrected chi connectivity index (χ1v) is 11.0. The first-order valence-electron chi connectivity index (χ1n) is 10.2. The molecule has 0 saturated carbocycles. The number of rotatable bonds is 6. The lowest BCUT2D eigenvalue weighted by Crippen LogP contribution is -2.24. The maximum atomic E-state index is 13.6. The maximum absolute atomic E-state index is 13.6. The molecule has 0 spiro atoms. The molecule has 1 amide bonds. The first kappa shape index (κ1) is 21.8. The summed E-state index contributed by atoms with van der Waals surface area (Å²) in [6, 6.07) is 5.41. The number of carbonyl (C=O) groups excluding carboxylic acids is 1. The van der Waals surface area contributed by atoms with Crippen LogP contribution in [-0.2, 0) is 6.54 Å². The summed E-state index contributed by atoms with van der Waals surface area (Å²) in [7, 11) is 0. The molecular formula is C22H18F2N8OS. The molecule has 0 radical (unpaired) electrons. The Morgan fingerprint density at radius 3 is 2.62 bits per heavy atom. The fourth-order valence-corrected chi connectivity index (χ4v) is 4.35. The van der Waals surface area contributed by atoms with Gasteiger partial charge in [0.2, 0.25) is 0 Å². The number of imidazole rings is 1. The van der Waals surface area contributed by atoms with Gasteiger partial charge in [-0.1, -0.05) is 5.21 Å². The van der Waals surface area contributed by atoms with Crippen molar-refractivity contribution < 1.29 is 13.6 Å². The number of aromatic nitrogens is 7. The predicted molar refractivity (Wildman–Crippen MR) is 121 cm³/mol. The highest BCUT2D eigenvalue weighted by Crippen LogP contribution is 2.31. The summed E-state index contributed by atoms with van der Waals surface area (Å²) < 4.78 is 29.9. The largest absolute Gasteiger partial charge is 0.348 e. The van der Waals surface area contributed by atoms with Crippen LogP contribution in [0, 0.1) is 13.8 Å². The number of nitrogens with zero attached hydrogens (tertiary/aromatic N) is 7. The van der Waals surface area contributed by atoms with Crippen LogP contribution in [0.3, 0.4) is 0 Å².